The number of hydrogen-bond acceptors (Lipinski definition) is 1. The first-order valence-corrected chi connectivity index (χ1v) is 4.79. The summed E-state index contributed by atoms with van der Waals surface area (Å²) in [5.41, 5.74) is 0.151. The molecule has 1 aromatic rings. The average molecular weight is 218 g/mol. The third-order valence-electron chi connectivity index (χ3n) is 1.89. The Balaban J connectivity index is 2.82. The van der Waals surface area contributed by atoms with Gasteiger partial charge in [-0.3, -0.25) is 0 Å². The van der Waals surface area contributed by atoms with Crippen LogP contribution in [0.2, 0.25) is 0 Å². The van der Waals surface area contributed by atoms with E-state index in [0.717, 1.165) is 0 Å². The SMILES string of the molecule is CCCOC(c1ccccc1)C(F)(F)F. The Morgan fingerprint density at radius 3 is 2.27 bits per heavy atom. The fourth-order valence-corrected chi connectivity index (χ4v) is 1.24. The van der Waals surface area contributed by atoms with Crippen LogP contribution in [0.5, 0.6) is 0 Å². The minimum atomic E-state index is -4.35. The lowest BCUT2D eigenvalue weighted by molar-refractivity contribution is -0.223. The van der Waals surface area contributed by atoms with Gasteiger partial charge >= 0.3 is 6.18 Å². The molecule has 1 atom stereocenters. The van der Waals surface area contributed by atoms with Gasteiger partial charge < -0.3 is 4.74 Å². The molecule has 0 bridgehead atoms. The zero-order valence-corrected chi connectivity index (χ0v) is 8.42. The summed E-state index contributed by atoms with van der Waals surface area (Å²) in [7, 11) is 0. The van der Waals surface area contributed by atoms with Crippen molar-refractivity contribution in [2.45, 2.75) is 25.6 Å². The van der Waals surface area contributed by atoms with Crippen molar-refractivity contribution in [3.8, 4) is 0 Å². The van der Waals surface area contributed by atoms with Crippen LogP contribution in [0.4, 0.5) is 13.2 Å². The number of benzene rings is 1. The maximum atomic E-state index is 12.6. The first-order chi connectivity index (χ1) is 7.05. The third-order valence-corrected chi connectivity index (χ3v) is 1.89. The van der Waals surface area contributed by atoms with Crippen LogP contribution in [-0.2, 0) is 4.74 Å². The van der Waals surface area contributed by atoms with Gasteiger partial charge in [-0.25, -0.2) is 0 Å². The summed E-state index contributed by atoms with van der Waals surface area (Å²) in [5, 5.41) is 0. The lowest BCUT2D eigenvalue weighted by Crippen LogP contribution is -2.23. The molecule has 0 aliphatic carbocycles. The number of ether oxygens (including phenoxy) is 1. The van der Waals surface area contributed by atoms with E-state index in [1.54, 1.807) is 25.1 Å². The minimum absolute atomic E-state index is 0.110. The molecule has 0 aliphatic heterocycles. The lowest BCUT2D eigenvalue weighted by atomic mass is 10.1. The zero-order valence-electron chi connectivity index (χ0n) is 8.42. The van der Waals surface area contributed by atoms with Crippen molar-refractivity contribution in [1.29, 1.82) is 0 Å². The molecule has 0 aliphatic rings. The van der Waals surface area contributed by atoms with Crippen LogP contribution in [0.1, 0.15) is 25.0 Å². The number of hydrogen-bond donors (Lipinski definition) is 0. The van der Waals surface area contributed by atoms with E-state index >= 15 is 0 Å². The third kappa shape index (κ3) is 3.55. The van der Waals surface area contributed by atoms with E-state index in [1.165, 1.54) is 12.1 Å². The monoisotopic (exact) mass is 218 g/mol. The largest absolute Gasteiger partial charge is 0.418 e. The molecule has 0 aromatic heterocycles. The summed E-state index contributed by atoms with van der Waals surface area (Å²) in [6, 6.07) is 7.67. The lowest BCUT2D eigenvalue weighted by Gasteiger charge is -2.20. The fraction of sp³-hybridized carbons (Fsp3) is 0.455. The highest BCUT2D eigenvalue weighted by molar-refractivity contribution is 5.18. The Labute approximate surface area is 86.9 Å². The van der Waals surface area contributed by atoms with Gasteiger partial charge in [-0.1, -0.05) is 37.3 Å². The van der Waals surface area contributed by atoms with Crippen molar-refractivity contribution in [3.05, 3.63) is 35.9 Å². The topological polar surface area (TPSA) is 9.23 Å². The Bertz CT molecular complexity index is 282. The van der Waals surface area contributed by atoms with Crippen molar-refractivity contribution in [2.75, 3.05) is 6.61 Å². The van der Waals surface area contributed by atoms with Gasteiger partial charge in [-0.2, -0.15) is 13.2 Å². The van der Waals surface area contributed by atoms with E-state index in [1.807, 2.05) is 0 Å². The van der Waals surface area contributed by atoms with Gasteiger partial charge in [0.1, 0.15) is 0 Å². The predicted octanol–water partition coefficient (Wildman–Crippen LogP) is 3.72. The molecule has 0 saturated heterocycles. The zero-order chi connectivity index (χ0) is 11.3. The Morgan fingerprint density at radius 2 is 1.80 bits per heavy atom. The van der Waals surface area contributed by atoms with Crippen molar-refractivity contribution < 1.29 is 17.9 Å². The quantitative estimate of drug-likeness (QED) is 0.748. The van der Waals surface area contributed by atoms with Crippen LogP contribution in [0.3, 0.4) is 0 Å². The molecule has 0 radical (unpaired) electrons. The van der Waals surface area contributed by atoms with Gasteiger partial charge in [-0.05, 0) is 12.0 Å². The van der Waals surface area contributed by atoms with E-state index in [9.17, 15) is 13.2 Å². The predicted molar refractivity (Wildman–Crippen MR) is 51.5 cm³/mol. The number of halogens is 3. The highest BCUT2D eigenvalue weighted by atomic mass is 19.4. The van der Waals surface area contributed by atoms with Crippen LogP contribution in [0.25, 0.3) is 0 Å². The molecule has 0 N–H and O–H groups in total. The molecule has 1 unspecified atom stereocenters. The second-order valence-electron chi connectivity index (χ2n) is 3.20. The van der Waals surface area contributed by atoms with Gasteiger partial charge in [-0.15, -0.1) is 0 Å². The molecule has 15 heavy (non-hydrogen) atoms. The molecule has 84 valence electrons. The molecular formula is C11H13F3O. The van der Waals surface area contributed by atoms with E-state index < -0.39 is 12.3 Å². The number of rotatable bonds is 4. The van der Waals surface area contributed by atoms with Gasteiger partial charge in [0.25, 0.3) is 0 Å². The van der Waals surface area contributed by atoms with E-state index in [4.69, 9.17) is 4.74 Å². The molecule has 4 heteroatoms. The summed E-state index contributed by atoms with van der Waals surface area (Å²) >= 11 is 0. The molecule has 0 saturated carbocycles. The maximum Gasteiger partial charge on any atom is 0.418 e. The van der Waals surface area contributed by atoms with Crippen molar-refractivity contribution in [1.82, 2.24) is 0 Å². The molecule has 0 amide bonds. The molecule has 1 rings (SSSR count). The van der Waals surface area contributed by atoms with Gasteiger partial charge in [0.15, 0.2) is 6.10 Å². The van der Waals surface area contributed by atoms with E-state index in [0.29, 0.717) is 6.42 Å². The van der Waals surface area contributed by atoms with Crippen LogP contribution >= 0.6 is 0 Å². The van der Waals surface area contributed by atoms with Crippen LogP contribution in [0.15, 0.2) is 30.3 Å². The van der Waals surface area contributed by atoms with Crippen LogP contribution in [-0.4, -0.2) is 12.8 Å². The second kappa shape index (κ2) is 5.16. The Kier molecular flexibility index (Phi) is 4.15. The molecule has 0 heterocycles. The summed E-state index contributed by atoms with van der Waals surface area (Å²) < 4.78 is 42.6. The average Bonchev–Trinajstić information content (AvgIpc) is 2.18. The van der Waals surface area contributed by atoms with Gasteiger partial charge in [0, 0.05) is 6.61 Å². The van der Waals surface area contributed by atoms with E-state index in [2.05, 4.69) is 0 Å². The highest BCUT2D eigenvalue weighted by Crippen LogP contribution is 2.35. The summed E-state index contributed by atoms with van der Waals surface area (Å²) in [6.45, 7) is 1.89. The normalized spacial score (nSPS) is 13.9. The van der Waals surface area contributed by atoms with Crippen molar-refractivity contribution in [3.63, 3.8) is 0 Å². The Morgan fingerprint density at radius 1 is 1.20 bits per heavy atom. The minimum Gasteiger partial charge on any atom is -0.364 e. The number of alkyl halides is 3. The standard InChI is InChI=1S/C11H13F3O/c1-2-8-15-10(11(12,13)14)9-6-4-3-5-7-9/h3-7,10H,2,8H2,1H3. The summed E-state index contributed by atoms with van der Waals surface area (Å²) in [5.74, 6) is 0. The second-order valence-corrected chi connectivity index (χ2v) is 3.20. The highest BCUT2D eigenvalue weighted by Gasteiger charge is 2.41. The molecule has 0 spiro atoms. The molecule has 0 fully saturated rings. The molecule has 1 aromatic carbocycles. The van der Waals surface area contributed by atoms with Crippen molar-refractivity contribution in [2.24, 2.45) is 0 Å². The Hall–Kier alpha value is -1.03. The van der Waals surface area contributed by atoms with Crippen molar-refractivity contribution >= 4 is 0 Å². The van der Waals surface area contributed by atoms with Gasteiger partial charge in [0.2, 0.25) is 0 Å². The first kappa shape index (κ1) is 12.0. The molecule has 1 nitrogen and oxygen atoms in total. The van der Waals surface area contributed by atoms with Crippen LogP contribution < -0.4 is 0 Å². The molecular weight excluding hydrogens is 205 g/mol. The summed E-state index contributed by atoms with van der Waals surface area (Å²) in [6.07, 6.45) is -5.59. The summed E-state index contributed by atoms with van der Waals surface area (Å²) in [4.78, 5) is 0. The smallest absolute Gasteiger partial charge is 0.364 e. The van der Waals surface area contributed by atoms with Gasteiger partial charge in [0.05, 0.1) is 0 Å². The van der Waals surface area contributed by atoms with Crippen LogP contribution in [0, 0.1) is 0 Å². The van der Waals surface area contributed by atoms with E-state index in [-0.39, 0.29) is 12.2 Å². The fourth-order valence-electron chi connectivity index (χ4n) is 1.24. The first-order valence-electron chi connectivity index (χ1n) is 4.79. The maximum absolute atomic E-state index is 12.6.